The van der Waals surface area contributed by atoms with Gasteiger partial charge in [-0.15, -0.1) is 6.58 Å². The summed E-state index contributed by atoms with van der Waals surface area (Å²) in [7, 11) is 2.27. The lowest BCUT2D eigenvalue weighted by Gasteiger charge is -2.42. The summed E-state index contributed by atoms with van der Waals surface area (Å²) < 4.78 is 0. The molecule has 1 nitrogen and oxygen atoms in total. The molecule has 0 saturated carbocycles. The lowest BCUT2D eigenvalue weighted by molar-refractivity contribution is 0.124. The molecular weight excluding hydrogens is 242 g/mol. The fourth-order valence-electron chi connectivity index (χ4n) is 3.90. The molecule has 2 aliphatic heterocycles. The number of halogens is 1. The number of nitrogens with zero attached hydrogens (tertiary/aromatic N) is 1. The predicted molar refractivity (Wildman–Crippen MR) is 77.1 cm³/mol. The van der Waals surface area contributed by atoms with Crippen LogP contribution in [0.3, 0.4) is 0 Å². The molecule has 0 aromatic heterocycles. The Morgan fingerprint density at radius 2 is 2.00 bits per heavy atom. The smallest absolute Gasteiger partial charge is 0.0406 e. The van der Waals surface area contributed by atoms with Crippen molar-refractivity contribution >= 4 is 11.6 Å². The molecule has 2 fully saturated rings. The molecule has 0 spiro atoms. The molecule has 18 heavy (non-hydrogen) atoms. The van der Waals surface area contributed by atoms with Gasteiger partial charge in [-0.1, -0.05) is 29.8 Å². The number of hydrogen-bond donors (Lipinski definition) is 0. The first-order valence-corrected chi connectivity index (χ1v) is 7.18. The van der Waals surface area contributed by atoms with Crippen LogP contribution in [0.1, 0.15) is 30.7 Å². The molecule has 2 heteroatoms. The molecule has 1 aromatic carbocycles. The van der Waals surface area contributed by atoms with Crippen molar-refractivity contribution in [1.29, 1.82) is 0 Å². The normalized spacial score (nSPS) is 35.7. The standard InChI is InChI=1S/C16H20ClN/c1-3-14-15(11-4-6-12(17)7-5-11)10-13-8-9-16(14)18(13)2/h3-7,13-16H,1,8-10H2,2H3/t13-,14-,15+,16+/m0/s1. The van der Waals surface area contributed by atoms with Crippen molar-refractivity contribution in [3.05, 3.63) is 47.5 Å². The summed E-state index contributed by atoms with van der Waals surface area (Å²) in [5, 5.41) is 0.824. The van der Waals surface area contributed by atoms with Crippen LogP contribution in [0.4, 0.5) is 0 Å². The van der Waals surface area contributed by atoms with Gasteiger partial charge in [0.2, 0.25) is 0 Å². The summed E-state index contributed by atoms with van der Waals surface area (Å²) in [5.41, 5.74) is 1.43. The fourth-order valence-corrected chi connectivity index (χ4v) is 4.02. The third-order valence-electron chi connectivity index (χ3n) is 4.90. The van der Waals surface area contributed by atoms with Gasteiger partial charge in [0, 0.05) is 17.1 Å². The highest BCUT2D eigenvalue weighted by Gasteiger charge is 2.44. The minimum absolute atomic E-state index is 0.579. The molecule has 0 unspecified atom stereocenters. The van der Waals surface area contributed by atoms with Gasteiger partial charge < -0.3 is 0 Å². The van der Waals surface area contributed by atoms with Gasteiger partial charge in [-0.05, 0) is 55.8 Å². The summed E-state index contributed by atoms with van der Waals surface area (Å²) in [6, 6.07) is 9.84. The highest BCUT2D eigenvalue weighted by atomic mass is 35.5. The van der Waals surface area contributed by atoms with Crippen LogP contribution in [-0.4, -0.2) is 24.0 Å². The van der Waals surface area contributed by atoms with Crippen LogP contribution in [0.15, 0.2) is 36.9 Å². The maximum atomic E-state index is 5.99. The molecule has 0 aliphatic carbocycles. The maximum absolute atomic E-state index is 5.99. The van der Waals surface area contributed by atoms with Gasteiger partial charge in [0.05, 0.1) is 0 Å². The second kappa shape index (κ2) is 4.71. The van der Waals surface area contributed by atoms with Crippen LogP contribution in [-0.2, 0) is 0 Å². The molecule has 4 atom stereocenters. The molecule has 0 radical (unpaired) electrons. The third-order valence-corrected chi connectivity index (χ3v) is 5.15. The Bertz CT molecular complexity index is 439. The Hall–Kier alpha value is -0.790. The molecule has 2 saturated heterocycles. The molecule has 2 heterocycles. The first kappa shape index (κ1) is 12.3. The van der Waals surface area contributed by atoms with Gasteiger partial charge in [-0.3, -0.25) is 4.90 Å². The zero-order valence-corrected chi connectivity index (χ0v) is 11.6. The van der Waals surface area contributed by atoms with Crippen LogP contribution < -0.4 is 0 Å². The zero-order chi connectivity index (χ0) is 12.7. The fraction of sp³-hybridized carbons (Fsp3) is 0.500. The van der Waals surface area contributed by atoms with Gasteiger partial charge >= 0.3 is 0 Å². The summed E-state index contributed by atoms with van der Waals surface area (Å²) >= 11 is 5.99. The van der Waals surface area contributed by atoms with Crippen LogP contribution in [0.5, 0.6) is 0 Å². The van der Waals surface area contributed by atoms with E-state index in [1.54, 1.807) is 0 Å². The van der Waals surface area contributed by atoms with Crippen LogP contribution in [0, 0.1) is 5.92 Å². The highest BCUT2D eigenvalue weighted by Crippen LogP contribution is 2.46. The Morgan fingerprint density at radius 1 is 1.28 bits per heavy atom. The zero-order valence-electron chi connectivity index (χ0n) is 10.8. The van der Waals surface area contributed by atoms with E-state index in [0.29, 0.717) is 17.9 Å². The van der Waals surface area contributed by atoms with Crippen molar-refractivity contribution in [3.63, 3.8) is 0 Å². The molecule has 96 valence electrons. The number of fused-ring (bicyclic) bond motifs is 2. The minimum Gasteiger partial charge on any atom is -0.300 e. The first-order chi connectivity index (χ1) is 8.70. The summed E-state index contributed by atoms with van der Waals surface area (Å²) in [6.07, 6.45) is 6.09. The Balaban J connectivity index is 1.92. The van der Waals surface area contributed by atoms with E-state index in [9.17, 15) is 0 Å². The molecule has 0 N–H and O–H groups in total. The van der Waals surface area contributed by atoms with Gasteiger partial charge in [-0.2, -0.15) is 0 Å². The predicted octanol–water partition coefficient (Wildman–Crippen LogP) is 4.09. The van der Waals surface area contributed by atoms with E-state index in [1.165, 1.54) is 24.8 Å². The Labute approximate surface area is 114 Å². The molecular formula is C16H20ClN. The van der Waals surface area contributed by atoms with Crippen molar-refractivity contribution in [2.75, 3.05) is 7.05 Å². The minimum atomic E-state index is 0.579. The van der Waals surface area contributed by atoms with Crippen LogP contribution >= 0.6 is 11.6 Å². The van der Waals surface area contributed by atoms with Crippen molar-refractivity contribution in [2.24, 2.45) is 5.92 Å². The van der Waals surface area contributed by atoms with Gasteiger partial charge in [0.15, 0.2) is 0 Å². The largest absolute Gasteiger partial charge is 0.300 e. The van der Waals surface area contributed by atoms with E-state index in [0.717, 1.165) is 11.1 Å². The van der Waals surface area contributed by atoms with E-state index >= 15 is 0 Å². The molecule has 0 amide bonds. The third kappa shape index (κ3) is 1.90. The monoisotopic (exact) mass is 261 g/mol. The van der Waals surface area contributed by atoms with Crippen molar-refractivity contribution in [3.8, 4) is 0 Å². The lowest BCUT2D eigenvalue weighted by atomic mass is 9.76. The highest BCUT2D eigenvalue weighted by molar-refractivity contribution is 6.30. The van der Waals surface area contributed by atoms with E-state index < -0.39 is 0 Å². The average Bonchev–Trinajstić information content (AvgIpc) is 2.63. The second-order valence-electron chi connectivity index (χ2n) is 5.67. The van der Waals surface area contributed by atoms with E-state index in [1.807, 2.05) is 12.1 Å². The summed E-state index contributed by atoms with van der Waals surface area (Å²) in [4.78, 5) is 2.57. The molecule has 2 bridgehead atoms. The average molecular weight is 262 g/mol. The topological polar surface area (TPSA) is 3.24 Å². The van der Waals surface area contributed by atoms with Crippen molar-refractivity contribution < 1.29 is 0 Å². The second-order valence-corrected chi connectivity index (χ2v) is 6.11. The number of benzene rings is 1. The SMILES string of the molecule is C=C[C@H]1[C@@H](c2ccc(Cl)cc2)C[C@@H]2CC[C@H]1N2C. The number of rotatable bonds is 2. The Kier molecular flexibility index (Phi) is 3.21. The lowest BCUT2D eigenvalue weighted by Crippen LogP contribution is -2.44. The maximum Gasteiger partial charge on any atom is 0.0406 e. The van der Waals surface area contributed by atoms with Gasteiger partial charge in [0.1, 0.15) is 0 Å². The van der Waals surface area contributed by atoms with Crippen molar-refractivity contribution in [2.45, 2.75) is 37.3 Å². The van der Waals surface area contributed by atoms with Gasteiger partial charge in [-0.25, -0.2) is 0 Å². The molecule has 2 aliphatic rings. The summed E-state index contributed by atoms with van der Waals surface area (Å²) in [5.74, 6) is 1.20. The number of hydrogen-bond acceptors (Lipinski definition) is 1. The van der Waals surface area contributed by atoms with Gasteiger partial charge in [0.25, 0.3) is 0 Å². The van der Waals surface area contributed by atoms with E-state index in [2.05, 4.69) is 36.7 Å². The van der Waals surface area contributed by atoms with Crippen molar-refractivity contribution in [1.82, 2.24) is 4.90 Å². The van der Waals surface area contributed by atoms with E-state index in [4.69, 9.17) is 11.6 Å². The Morgan fingerprint density at radius 3 is 2.67 bits per heavy atom. The van der Waals surface area contributed by atoms with Crippen LogP contribution in [0.25, 0.3) is 0 Å². The summed E-state index contributed by atoms with van der Waals surface area (Å²) in [6.45, 7) is 4.08. The molecule has 1 aromatic rings. The van der Waals surface area contributed by atoms with E-state index in [-0.39, 0.29) is 0 Å². The quantitative estimate of drug-likeness (QED) is 0.725. The molecule has 3 rings (SSSR count). The van der Waals surface area contributed by atoms with Crippen LogP contribution in [0.2, 0.25) is 5.02 Å². The number of piperidine rings is 1. The first-order valence-electron chi connectivity index (χ1n) is 6.80.